The standard InChI is InChI=1S/C15H10N2O2.Na/c18-15(19)11-9-14(13-7-3-4-8-16-13)17-12-6-2-1-5-10(11)12;/h1-9H,(H,18,19);. The summed E-state index contributed by atoms with van der Waals surface area (Å²) in [4.78, 5) is 20.0. The van der Waals surface area contributed by atoms with Gasteiger partial charge in [-0.15, -0.1) is 0 Å². The number of carbonyl (C=O) groups is 1. The summed E-state index contributed by atoms with van der Waals surface area (Å²) in [6.07, 6.45) is 1.66. The molecule has 93 valence electrons. The van der Waals surface area contributed by atoms with E-state index in [2.05, 4.69) is 9.97 Å². The van der Waals surface area contributed by atoms with Crippen molar-refractivity contribution < 1.29 is 9.90 Å². The average molecular weight is 273 g/mol. The number of carboxylic acids is 1. The number of benzene rings is 1. The van der Waals surface area contributed by atoms with Crippen LogP contribution in [0.3, 0.4) is 0 Å². The molecule has 3 aromatic rings. The second kappa shape index (κ2) is 6.13. The molecular weight excluding hydrogens is 263 g/mol. The molecule has 0 atom stereocenters. The van der Waals surface area contributed by atoms with Crippen molar-refractivity contribution in [2.75, 3.05) is 0 Å². The van der Waals surface area contributed by atoms with Crippen LogP contribution in [0.5, 0.6) is 0 Å². The summed E-state index contributed by atoms with van der Waals surface area (Å²) < 4.78 is 0. The van der Waals surface area contributed by atoms with Crippen molar-refractivity contribution in [3.8, 4) is 11.4 Å². The van der Waals surface area contributed by atoms with Gasteiger partial charge in [0.15, 0.2) is 0 Å². The summed E-state index contributed by atoms with van der Waals surface area (Å²) in [6.45, 7) is 0. The third-order valence-electron chi connectivity index (χ3n) is 2.87. The van der Waals surface area contributed by atoms with Gasteiger partial charge in [0.05, 0.1) is 22.5 Å². The Morgan fingerprint density at radius 3 is 2.45 bits per heavy atom. The zero-order valence-corrected chi connectivity index (χ0v) is 12.9. The minimum Gasteiger partial charge on any atom is -0.478 e. The molecule has 5 heteroatoms. The summed E-state index contributed by atoms with van der Waals surface area (Å²) in [5.74, 6) is -0.962. The maximum absolute atomic E-state index is 11.4. The van der Waals surface area contributed by atoms with Gasteiger partial charge in [-0.05, 0) is 24.3 Å². The molecule has 1 radical (unpaired) electrons. The molecule has 0 aliphatic heterocycles. The first-order valence-electron chi connectivity index (χ1n) is 5.80. The van der Waals surface area contributed by atoms with Crippen LogP contribution in [0.2, 0.25) is 0 Å². The number of aromatic carboxylic acids is 1. The third kappa shape index (κ3) is 2.72. The first-order chi connectivity index (χ1) is 9.25. The smallest absolute Gasteiger partial charge is 0.336 e. The van der Waals surface area contributed by atoms with Crippen LogP contribution in [0.25, 0.3) is 22.3 Å². The van der Waals surface area contributed by atoms with Gasteiger partial charge in [-0.3, -0.25) is 4.98 Å². The van der Waals surface area contributed by atoms with Gasteiger partial charge in [-0.25, -0.2) is 9.78 Å². The first kappa shape index (κ1) is 14.7. The number of rotatable bonds is 2. The quantitative estimate of drug-likeness (QED) is 0.729. The summed E-state index contributed by atoms with van der Waals surface area (Å²) in [7, 11) is 0. The van der Waals surface area contributed by atoms with Crippen molar-refractivity contribution in [3.63, 3.8) is 0 Å². The van der Waals surface area contributed by atoms with Gasteiger partial charge in [-0.2, -0.15) is 0 Å². The molecule has 0 aliphatic rings. The van der Waals surface area contributed by atoms with Crippen LogP contribution >= 0.6 is 0 Å². The van der Waals surface area contributed by atoms with E-state index in [0.29, 0.717) is 22.3 Å². The number of hydrogen-bond acceptors (Lipinski definition) is 3. The van der Waals surface area contributed by atoms with E-state index in [4.69, 9.17) is 0 Å². The van der Waals surface area contributed by atoms with E-state index < -0.39 is 5.97 Å². The first-order valence-corrected chi connectivity index (χ1v) is 5.80. The summed E-state index contributed by atoms with van der Waals surface area (Å²) in [5.41, 5.74) is 2.13. The number of fused-ring (bicyclic) bond motifs is 1. The Kier molecular flexibility index (Phi) is 4.49. The van der Waals surface area contributed by atoms with Crippen LogP contribution in [0.1, 0.15) is 10.4 Å². The van der Waals surface area contributed by atoms with Crippen LogP contribution in [-0.2, 0) is 0 Å². The Morgan fingerprint density at radius 2 is 1.75 bits per heavy atom. The van der Waals surface area contributed by atoms with Gasteiger partial charge in [0, 0.05) is 41.1 Å². The third-order valence-corrected chi connectivity index (χ3v) is 2.87. The van der Waals surface area contributed by atoms with Crippen LogP contribution in [0.15, 0.2) is 54.7 Å². The Hall–Kier alpha value is -1.75. The predicted molar refractivity (Wildman–Crippen MR) is 77.7 cm³/mol. The van der Waals surface area contributed by atoms with Gasteiger partial charge < -0.3 is 5.11 Å². The minimum atomic E-state index is -0.962. The molecule has 2 aromatic heterocycles. The van der Waals surface area contributed by atoms with Crippen molar-refractivity contribution in [3.05, 3.63) is 60.3 Å². The monoisotopic (exact) mass is 273 g/mol. The van der Waals surface area contributed by atoms with Crippen LogP contribution in [-0.4, -0.2) is 50.6 Å². The van der Waals surface area contributed by atoms with Crippen molar-refractivity contribution in [2.45, 2.75) is 0 Å². The summed E-state index contributed by atoms with van der Waals surface area (Å²) in [5, 5.41) is 9.94. The number of carboxylic acid groups (broad SMARTS) is 1. The van der Waals surface area contributed by atoms with Gasteiger partial charge in [0.2, 0.25) is 0 Å². The molecule has 0 amide bonds. The zero-order valence-electron chi connectivity index (χ0n) is 10.9. The van der Waals surface area contributed by atoms with Crippen LogP contribution in [0.4, 0.5) is 0 Å². The van der Waals surface area contributed by atoms with E-state index >= 15 is 0 Å². The van der Waals surface area contributed by atoms with Gasteiger partial charge >= 0.3 is 5.97 Å². The molecule has 2 heterocycles. The van der Waals surface area contributed by atoms with E-state index in [1.54, 1.807) is 30.5 Å². The molecule has 20 heavy (non-hydrogen) atoms. The Bertz CT molecular complexity index is 760. The molecule has 0 bridgehead atoms. The molecule has 3 rings (SSSR count). The fraction of sp³-hybridized carbons (Fsp3) is 0. The molecular formula is C15H10N2NaO2. The van der Waals surface area contributed by atoms with E-state index in [1.165, 1.54) is 0 Å². The summed E-state index contributed by atoms with van der Waals surface area (Å²) in [6, 6.07) is 14.2. The molecule has 4 nitrogen and oxygen atoms in total. The molecule has 0 aliphatic carbocycles. The average Bonchev–Trinajstić information content (AvgIpc) is 2.47. The Balaban J connectivity index is 0.00000147. The van der Waals surface area contributed by atoms with Crippen LogP contribution in [0, 0.1) is 0 Å². The fourth-order valence-corrected chi connectivity index (χ4v) is 2.00. The normalized spacial score (nSPS) is 10.0. The van der Waals surface area contributed by atoms with Crippen molar-refractivity contribution in [1.29, 1.82) is 0 Å². The Labute approximate surface area is 137 Å². The van der Waals surface area contributed by atoms with Crippen molar-refractivity contribution >= 4 is 46.4 Å². The predicted octanol–water partition coefficient (Wildman–Crippen LogP) is 2.61. The second-order valence-electron chi connectivity index (χ2n) is 4.09. The van der Waals surface area contributed by atoms with E-state index in [9.17, 15) is 9.90 Å². The number of pyridine rings is 2. The van der Waals surface area contributed by atoms with Gasteiger partial charge in [0.25, 0.3) is 0 Å². The van der Waals surface area contributed by atoms with Crippen LogP contribution < -0.4 is 0 Å². The Morgan fingerprint density at radius 1 is 1.00 bits per heavy atom. The molecule has 0 fully saturated rings. The maximum Gasteiger partial charge on any atom is 0.336 e. The van der Waals surface area contributed by atoms with Gasteiger partial charge in [-0.1, -0.05) is 24.3 Å². The molecule has 1 aromatic carbocycles. The topological polar surface area (TPSA) is 63.1 Å². The van der Waals surface area contributed by atoms with E-state index in [0.717, 1.165) is 0 Å². The van der Waals surface area contributed by atoms with E-state index in [-0.39, 0.29) is 35.1 Å². The second-order valence-corrected chi connectivity index (χ2v) is 4.09. The largest absolute Gasteiger partial charge is 0.478 e. The molecule has 0 unspecified atom stereocenters. The van der Waals surface area contributed by atoms with Gasteiger partial charge in [0.1, 0.15) is 0 Å². The van der Waals surface area contributed by atoms with E-state index in [1.807, 2.05) is 24.3 Å². The molecule has 0 saturated heterocycles. The number of nitrogens with zero attached hydrogens (tertiary/aromatic N) is 2. The molecule has 1 N–H and O–H groups in total. The number of aromatic nitrogens is 2. The number of para-hydroxylation sites is 1. The van der Waals surface area contributed by atoms with Crippen molar-refractivity contribution in [2.24, 2.45) is 0 Å². The van der Waals surface area contributed by atoms with Crippen molar-refractivity contribution in [1.82, 2.24) is 9.97 Å². The number of hydrogen-bond donors (Lipinski definition) is 1. The minimum absolute atomic E-state index is 0. The molecule has 0 spiro atoms. The fourth-order valence-electron chi connectivity index (χ4n) is 2.00. The maximum atomic E-state index is 11.4. The molecule has 0 saturated carbocycles. The summed E-state index contributed by atoms with van der Waals surface area (Å²) >= 11 is 0. The zero-order chi connectivity index (χ0) is 13.2. The SMILES string of the molecule is O=C(O)c1cc(-c2ccccn2)nc2ccccc12.[Na].